The molecule has 1 heteroatoms. The zero-order chi connectivity index (χ0) is 38.7. The Morgan fingerprint density at radius 3 is 1.16 bits per heavy atom. The fourth-order valence-electron chi connectivity index (χ4n) is 10.3. The van der Waals surface area contributed by atoms with Crippen molar-refractivity contribution in [1.82, 2.24) is 0 Å². The second-order valence-corrected chi connectivity index (χ2v) is 15.6. The minimum atomic E-state index is -0.520. The van der Waals surface area contributed by atoms with Crippen LogP contribution in [0.25, 0.3) is 33.4 Å². The Hall–Kier alpha value is -7.22. The quantitative estimate of drug-likeness (QED) is 0.164. The summed E-state index contributed by atoms with van der Waals surface area (Å²) in [5.41, 5.74) is 19.3. The van der Waals surface area contributed by atoms with E-state index in [-0.39, 0.29) is 0 Å². The summed E-state index contributed by atoms with van der Waals surface area (Å²) < 4.78 is 0. The smallest absolute Gasteiger partial charge is 0.0720 e. The molecule has 2 aliphatic rings. The van der Waals surface area contributed by atoms with Gasteiger partial charge in [-0.1, -0.05) is 200 Å². The van der Waals surface area contributed by atoms with Gasteiger partial charge in [0.2, 0.25) is 0 Å². The Bertz CT molecular complexity index is 2840. The molecular weight excluding hydrogens is 699 g/mol. The van der Waals surface area contributed by atoms with Gasteiger partial charge in [0.05, 0.1) is 10.8 Å². The van der Waals surface area contributed by atoms with Gasteiger partial charge in [0, 0.05) is 18.4 Å². The van der Waals surface area contributed by atoms with Gasteiger partial charge in [0.25, 0.3) is 0 Å². The van der Waals surface area contributed by atoms with Crippen molar-refractivity contribution < 1.29 is 0 Å². The lowest BCUT2D eigenvalue weighted by Gasteiger charge is -2.50. The molecule has 0 N–H and O–H groups in total. The second-order valence-electron chi connectivity index (χ2n) is 15.6. The van der Waals surface area contributed by atoms with Crippen LogP contribution in [-0.4, -0.2) is 7.05 Å². The molecule has 0 unspecified atom stereocenters. The molecule has 0 heterocycles. The Kier molecular flexibility index (Phi) is 7.91. The Morgan fingerprint density at radius 2 is 0.638 bits per heavy atom. The van der Waals surface area contributed by atoms with Crippen molar-refractivity contribution in [2.75, 3.05) is 11.9 Å². The average molecular weight is 740 g/mol. The van der Waals surface area contributed by atoms with E-state index in [9.17, 15) is 0 Å². The lowest BCUT2D eigenvalue weighted by Crippen LogP contribution is -2.44. The highest BCUT2D eigenvalue weighted by Crippen LogP contribution is 2.64. The van der Waals surface area contributed by atoms with Crippen LogP contribution in [0.3, 0.4) is 0 Å². The fraction of sp³-hybridized carbons (Fsp3) is 0.0526. The summed E-state index contributed by atoms with van der Waals surface area (Å²) in [6.45, 7) is 0. The van der Waals surface area contributed by atoms with Gasteiger partial charge in [0.1, 0.15) is 0 Å². The fourth-order valence-corrected chi connectivity index (χ4v) is 10.3. The summed E-state index contributed by atoms with van der Waals surface area (Å²) in [4.78, 5) is 2.26. The molecule has 274 valence electrons. The number of hydrogen-bond donors (Lipinski definition) is 0. The Balaban J connectivity index is 1.07. The summed E-state index contributed by atoms with van der Waals surface area (Å²) >= 11 is 0. The summed E-state index contributed by atoms with van der Waals surface area (Å²) in [6, 6.07) is 85.5. The Labute approximate surface area is 341 Å². The van der Waals surface area contributed by atoms with E-state index in [0.717, 1.165) is 11.4 Å². The summed E-state index contributed by atoms with van der Waals surface area (Å²) in [7, 11) is 2.14. The number of fused-ring (bicyclic) bond motifs is 9. The molecule has 0 aliphatic heterocycles. The molecule has 0 saturated carbocycles. The zero-order valence-electron chi connectivity index (χ0n) is 32.4. The van der Waals surface area contributed by atoms with E-state index in [1.54, 1.807) is 0 Å². The molecule has 9 aromatic carbocycles. The van der Waals surface area contributed by atoms with Crippen molar-refractivity contribution in [3.63, 3.8) is 0 Å². The molecule has 0 bridgehead atoms. The van der Waals surface area contributed by atoms with Crippen LogP contribution in [0.1, 0.15) is 44.5 Å². The van der Waals surface area contributed by atoms with Gasteiger partial charge in [-0.3, -0.25) is 0 Å². The molecule has 0 radical (unpaired) electrons. The third-order valence-electron chi connectivity index (χ3n) is 12.9. The van der Waals surface area contributed by atoms with E-state index < -0.39 is 10.8 Å². The molecule has 0 aromatic heterocycles. The molecule has 11 rings (SSSR count). The van der Waals surface area contributed by atoms with Gasteiger partial charge in [0.15, 0.2) is 0 Å². The molecule has 0 saturated heterocycles. The third-order valence-corrected chi connectivity index (χ3v) is 12.9. The maximum Gasteiger partial charge on any atom is 0.0720 e. The van der Waals surface area contributed by atoms with Crippen LogP contribution in [0.5, 0.6) is 0 Å². The average Bonchev–Trinajstić information content (AvgIpc) is 3.60. The number of rotatable bonds is 6. The molecule has 0 fully saturated rings. The van der Waals surface area contributed by atoms with Crippen LogP contribution < -0.4 is 4.90 Å². The molecule has 9 aromatic rings. The summed E-state index contributed by atoms with van der Waals surface area (Å²) in [5.74, 6) is 0. The van der Waals surface area contributed by atoms with Gasteiger partial charge < -0.3 is 4.90 Å². The highest BCUT2D eigenvalue weighted by molar-refractivity contribution is 5.91. The monoisotopic (exact) mass is 739 g/mol. The third kappa shape index (κ3) is 4.90. The first kappa shape index (κ1) is 34.1. The molecule has 0 atom stereocenters. The first-order chi connectivity index (χ1) is 28.7. The predicted molar refractivity (Wildman–Crippen MR) is 241 cm³/mol. The van der Waals surface area contributed by atoms with E-state index in [1.807, 2.05) is 0 Å². The highest BCUT2D eigenvalue weighted by atomic mass is 15.1. The predicted octanol–water partition coefficient (Wildman–Crippen LogP) is 13.8. The van der Waals surface area contributed by atoms with Crippen molar-refractivity contribution in [1.29, 1.82) is 0 Å². The van der Waals surface area contributed by atoms with Gasteiger partial charge in [-0.05, 0) is 108 Å². The minimum absolute atomic E-state index is 0.514. The number of benzene rings is 9. The van der Waals surface area contributed by atoms with E-state index in [4.69, 9.17) is 0 Å². The van der Waals surface area contributed by atoms with Crippen LogP contribution >= 0.6 is 0 Å². The van der Waals surface area contributed by atoms with Crippen LogP contribution in [0.4, 0.5) is 11.4 Å². The standard InChI is InChI=1S/C57H41N/c1-58(46-34-29-41(30-35-46)40-17-5-2-6-18-40)47-36-31-42(32-37-47)43-33-38-49-48-23-11-12-24-50(48)57(55(49)39-43)53-27-15-13-25-51(53)56(44-19-7-3-8-20-44,45-21-9-4-10-22-45)52-26-14-16-28-54(52)57/h2-39H,1H3. The van der Waals surface area contributed by atoms with E-state index in [2.05, 4.69) is 242 Å². The number of hydrogen-bond acceptors (Lipinski definition) is 1. The number of nitrogens with zero attached hydrogens (tertiary/aromatic N) is 1. The second kappa shape index (κ2) is 13.5. The van der Waals surface area contributed by atoms with Crippen molar-refractivity contribution >= 4 is 11.4 Å². The van der Waals surface area contributed by atoms with Gasteiger partial charge in [-0.2, -0.15) is 0 Å². The maximum absolute atomic E-state index is 2.49. The van der Waals surface area contributed by atoms with E-state index in [1.165, 1.54) is 77.9 Å². The zero-order valence-corrected chi connectivity index (χ0v) is 32.4. The van der Waals surface area contributed by atoms with Gasteiger partial charge in [-0.15, -0.1) is 0 Å². The lowest BCUT2D eigenvalue weighted by molar-refractivity contribution is 0.624. The maximum atomic E-state index is 2.49. The van der Waals surface area contributed by atoms with Crippen molar-refractivity contribution in [2.24, 2.45) is 0 Å². The summed E-state index contributed by atoms with van der Waals surface area (Å²) in [5, 5.41) is 0. The first-order valence-corrected chi connectivity index (χ1v) is 20.2. The molecule has 58 heavy (non-hydrogen) atoms. The van der Waals surface area contributed by atoms with Crippen molar-refractivity contribution in [2.45, 2.75) is 10.8 Å². The van der Waals surface area contributed by atoms with E-state index in [0.29, 0.717) is 0 Å². The first-order valence-electron chi connectivity index (χ1n) is 20.2. The highest BCUT2D eigenvalue weighted by Gasteiger charge is 2.56. The Morgan fingerprint density at radius 1 is 0.276 bits per heavy atom. The largest absolute Gasteiger partial charge is 0.345 e. The molecule has 1 nitrogen and oxygen atoms in total. The molecule has 1 spiro atoms. The van der Waals surface area contributed by atoms with Crippen LogP contribution in [-0.2, 0) is 10.8 Å². The molecule has 0 amide bonds. The van der Waals surface area contributed by atoms with E-state index >= 15 is 0 Å². The van der Waals surface area contributed by atoms with Crippen molar-refractivity contribution in [3.8, 4) is 33.4 Å². The van der Waals surface area contributed by atoms with Crippen molar-refractivity contribution in [3.05, 3.63) is 275 Å². The molecule has 2 aliphatic carbocycles. The molecular formula is C57H41N. The summed E-state index contributed by atoms with van der Waals surface area (Å²) in [6.07, 6.45) is 0. The number of anilines is 2. The van der Waals surface area contributed by atoms with Gasteiger partial charge >= 0.3 is 0 Å². The van der Waals surface area contributed by atoms with Crippen LogP contribution in [0, 0.1) is 0 Å². The minimum Gasteiger partial charge on any atom is -0.345 e. The van der Waals surface area contributed by atoms with Crippen LogP contribution in [0.2, 0.25) is 0 Å². The van der Waals surface area contributed by atoms with Crippen LogP contribution in [0.15, 0.2) is 231 Å². The SMILES string of the molecule is CN(c1ccc(-c2ccccc2)cc1)c1ccc(-c2ccc3c(c2)C2(c4ccccc4-3)c3ccccc3C(c3ccccc3)(c3ccccc3)c3ccccc32)cc1. The normalized spacial score (nSPS) is 13.9. The lowest BCUT2D eigenvalue weighted by atomic mass is 9.51. The van der Waals surface area contributed by atoms with Gasteiger partial charge in [-0.25, -0.2) is 0 Å². The topological polar surface area (TPSA) is 3.24 Å².